The molecular weight excluding hydrogens is 750 g/mol. The summed E-state index contributed by atoms with van der Waals surface area (Å²) in [6, 6.07) is 0. The number of phosphoric ester groups is 1. The second-order valence-corrected chi connectivity index (χ2v) is 16.0. The minimum absolute atomic E-state index is 0.0480. The summed E-state index contributed by atoms with van der Waals surface area (Å²) >= 11 is 0. The summed E-state index contributed by atoms with van der Waals surface area (Å²) < 4.78 is 32.7. The van der Waals surface area contributed by atoms with Crippen molar-refractivity contribution in [3.63, 3.8) is 0 Å². The highest BCUT2D eigenvalue weighted by molar-refractivity contribution is 7.47. The maximum atomic E-state index is 12.6. The zero-order chi connectivity index (χ0) is 42.5. The first kappa shape index (κ1) is 55.2. The average molecular weight is 832 g/mol. The lowest BCUT2D eigenvalue weighted by molar-refractivity contribution is -0.161. The van der Waals surface area contributed by atoms with Crippen LogP contribution in [0.1, 0.15) is 174 Å². The van der Waals surface area contributed by atoms with E-state index in [1.165, 1.54) is 51.4 Å². The third kappa shape index (κ3) is 42.8. The van der Waals surface area contributed by atoms with E-state index < -0.39 is 32.5 Å². The Labute approximate surface area is 354 Å². The third-order valence-corrected chi connectivity index (χ3v) is 10.0. The topological polar surface area (TPSA) is 134 Å². The smallest absolute Gasteiger partial charge is 0.462 e. The molecule has 0 aliphatic rings. The van der Waals surface area contributed by atoms with Crippen LogP contribution in [-0.4, -0.2) is 49.3 Å². The van der Waals surface area contributed by atoms with E-state index in [4.69, 9.17) is 24.3 Å². The summed E-state index contributed by atoms with van der Waals surface area (Å²) in [6.07, 6.45) is 54.9. The Bertz CT molecular complexity index is 1220. The van der Waals surface area contributed by atoms with Crippen LogP contribution in [0.2, 0.25) is 0 Å². The predicted octanol–water partition coefficient (Wildman–Crippen LogP) is 13.2. The van der Waals surface area contributed by atoms with Crippen LogP contribution in [0.3, 0.4) is 0 Å². The summed E-state index contributed by atoms with van der Waals surface area (Å²) in [5, 5.41) is 0. The molecule has 0 bridgehead atoms. The monoisotopic (exact) mass is 832 g/mol. The van der Waals surface area contributed by atoms with E-state index >= 15 is 0 Å². The number of esters is 2. The third-order valence-electron chi connectivity index (χ3n) is 9.05. The lowest BCUT2D eigenvalue weighted by Crippen LogP contribution is -2.29. The van der Waals surface area contributed by atoms with Crippen molar-refractivity contribution in [2.75, 3.05) is 26.4 Å². The molecule has 58 heavy (non-hydrogen) atoms. The molecule has 0 aromatic heterocycles. The number of allylic oxidation sites excluding steroid dienone is 14. The van der Waals surface area contributed by atoms with Gasteiger partial charge in [0.25, 0.3) is 0 Å². The Hall–Kier alpha value is -2.81. The lowest BCUT2D eigenvalue weighted by Gasteiger charge is -2.19. The van der Waals surface area contributed by atoms with Crippen LogP contribution in [0.25, 0.3) is 0 Å². The summed E-state index contributed by atoms with van der Waals surface area (Å²) in [4.78, 5) is 34.7. The van der Waals surface area contributed by atoms with Gasteiger partial charge < -0.3 is 20.1 Å². The molecule has 0 saturated carbocycles. The second kappa shape index (κ2) is 43.8. The van der Waals surface area contributed by atoms with Crippen molar-refractivity contribution in [1.29, 1.82) is 0 Å². The Morgan fingerprint density at radius 1 is 0.534 bits per heavy atom. The quantitative estimate of drug-likeness (QED) is 0.0267. The van der Waals surface area contributed by atoms with E-state index in [1.807, 2.05) is 0 Å². The summed E-state index contributed by atoms with van der Waals surface area (Å²) in [5.41, 5.74) is 5.34. The zero-order valence-electron chi connectivity index (χ0n) is 36.5. The molecule has 3 N–H and O–H groups in total. The van der Waals surface area contributed by atoms with Gasteiger partial charge >= 0.3 is 19.8 Å². The Morgan fingerprint density at radius 2 is 0.948 bits per heavy atom. The maximum absolute atomic E-state index is 12.6. The van der Waals surface area contributed by atoms with Gasteiger partial charge in [-0.25, -0.2) is 4.57 Å². The van der Waals surface area contributed by atoms with E-state index in [0.717, 1.165) is 89.9 Å². The minimum atomic E-state index is -4.38. The highest BCUT2D eigenvalue weighted by Gasteiger charge is 2.26. The van der Waals surface area contributed by atoms with Gasteiger partial charge in [0.1, 0.15) is 6.61 Å². The standard InChI is InChI=1S/C48H82NO8P/c1-3-5-7-9-11-13-14-15-16-17-18-19-20-21-22-23-24-25-26-27-28-29-30-31-32-33-35-37-39-41-48(51)57-46(45-56-58(52,53)55-43-42-49)44-54-47(50)40-38-36-34-12-10-8-6-4-2/h5,7,11,13,15-16,18-19,21-22,24-25,27-28,46H,3-4,6,8-10,12,14,17,20,23,26,29-45,49H2,1-2H3,(H,52,53)/b7-5-,13-11-,16-15-,19-18-,22-21-,25-24-,28-27-. The van der Waals surface area contributed by atoms with Crippen LogP contribution >= 0.6 is 7.82 Å². The summed E-state index contributed by atoms with van der Waals surface area (Å²) in [5.74, 6) is -0.852. The first-order chi connectivity index (χ1) is 28.3. The first-order valence-corrected chi connectivity index (χ1v) is 24.1. The van der Waals surface area contributed by atoms with Crippen LogP contribution < -0.4 is 5.73 Å². The molecule has 0 aliphatic heterocycles. The molecule has 0 radical (unpaired) electrons. The molecule has 0 aromatic rings. The number of rotatable bonds is 41. The van der Waals surface area contributed by atoms with Gasteiger partial charge in [-0.3, -0.25) is 18.6 Å². The van der Waals surface area contributed by atoms with Crippen LogP contribution in [-0.2, 0) is 32.7 Å². The Morgan fingerprint density at radius 3 is 1.41 bits per heavy atom. The lowest BCUT2D eigenvalue weighted by atomic mass is 10.1. The van der Waals surface area contributed by atoms with Crippen LogP contribution in [0.4, 0.5) is 0 Å². The van der Waals surface area contributed by atoms with Gasteiger partial charge in [0.2, 0.25) is 0 Å². The molecule has 2 unspecified atom stereocenters. The summed E-state index contributed by atoms with van der Waals surface area (Å²) in [7, 11) is -4.38. The fourth-order valence-corrected chi connectivity index (χ4v) is 6.50. The van der Waals surface area contributed by atoms with Gasteiger partial charge in [0.05, 0.1) is 13.2 Å². The van der Waals surface area contributed by atoms with Crippen molar-refractivity contribution in [3.8, 4) is 0 Å². The fraction of sp³-hybridized carbons (Fsp3) is 0.667. The molecule has 0 fully saturated rings. The fourth-order valence-electron chi connectivity index (χ4n) is 5.73. The molecule has 0 aliphatic carbocycles. The number of nitrogens with two attached hydrogens (primary N) is 1. The average Bonchev–Trinajstić information content (AvgIpc) is 3.21. The number of unbranched alkanes of at least 4 members (excludes halogenated alkanes) is 14. The molecule has 0 aromatic carbocycles. The van der Waals surface area contributed by atoms with Gasteiger partial charge in [-0.2, -0.15) is 0 Å². The minimum Gasteiger partial charge on any atom is -0.462 e. The van der Waals surface area contributed by atoms with E-state index in [1.54, 1.807) is 0 Å². The van der Waals surface area contributed by atoms with Gasteiger partial charge in [0, 0.05) is 19.4 Å². The van der Waals surface area contributed by atoms with Crippen molar-refractivity contribution in [3.05, 3.63) is 85.1 Å². The largest absolute Gasteiger partial charge is 0.472 e. The Kier molecular flexibility index (Phi) is 41.6. The second-order valence-electron chi connectivity index (χ2n) is 14.5. The highest BCUT2D eigenvalue weighted by atomic mass is 31.2. The molecule has 10 heteroatoms. The first-order valence-electron chi connectivity index (χ1n) is 22.6. The molecule has 9 nitrogen and oxygen atoms in total. The number of ether oxygens (including phenoxy) is 2. The molecule has 0 amide bonds. The van der Waals surface area contributed by atoms with E-state index in [0.29, 0.717) is 6.42 Å². The highest BCUT2D eigenvalue weighted by Crippen LogP contribution is 2.43. The predicted molar refractivity (Wildman–Crippen MR) is 242 cm³/mol. The van der Waals surface area contributed by atoms with Gasteiger partial charge in [-0.1, -0.05) is 176 Å². The zero-order valence-corrected chi connectivity index (χ0v) is 37.4. The van der Waals surface area contributed by atoms with Crippen molar-refractivity contribution < 1.29 is 37.6 Å². The van der Waals surface area contributed by atoms with E-state index in [-0.39, 0.29) is 32.6 Å². The molecule has 0 spiro atoms. The van der Waals surface area contributed by atoms with Crippen LogP contribution in [0, 0.1) is 0 Å². The molecule has 0 rings (SSSR count). The van der Waals surface area contributed by atoms with E-state index in [9.17, 15) is 19.0 Å². The van der Waals surface area contributed by atoms with Gasteiger partial charge in [-0.15, -0.1) is 0 Å². The van der Waals surface area contributed by atoms with Crippen molar-refractivity contribution >= 4 is 19.8 Å². The molecular formula is C48H82NO8P. The summed E-state index contributed by atoms with van der Waals surface area (Å²) in [6.45, 7) is 3.55. The number of phosphoric acid groups is 1. The molecule has 0 saturated heterocycles. The van der Waals surface area contributed by atoms with Gasteiger partial charge in [0.15, 0.2) is 6.10 Å². The Balaban J connectivity index is 4.05. The number of hydrogen-bond donors (Lipinski definition) is 2. The molecule has 2 atom stereocenters. The molecule has 332 valence electrons. The van der Waals surface area contributed by atoms with Crippen molar-refractivity contribution in [1.82, 2.24) is 0 Å². The van der Waals surface area contributed by atoms with Crippen LogP contribution in [0.5, 0.6) is 0 Å². The van der Waals surface area contributed by atoms with Crippen molar-refractivity contribution in [2.24, 2.45) is 5.73 Å². The van der Waals surface area contributed by atoms with Crippen LogP contribution in [0.15, 0.2) is 85.1 Å². The van der Waals surface area contributed by atoms with Crippen molar-refractivity contribution in [2.45, 2.75) is 180 Å². The molecule has 0 heterocycles. The normalized spacial score (nSPS) is 14.1. The SMILES string of the molecule is CC/C=C\C/C=C\C/C=C\C/C=C\C/C=C\C/C=C\C/C=C\CCCCCCCCCC(=O)OC(COC(=O)CCCCCCCCCC)COP(=O)(O)OCCN. The van der Waals surface area contributed by atoms with Gasteiger partial charge in [-0.05, 0) is 70.6 Å². The van der Waals surface area contributed by atoms with E-state index in [2.05, 4.69) is 98.9 Å². The number of hydrogen-bond acceptors (Lipinski definition) is 8. The number of carbonyl (C=O) groups excluding carboxylic acids is 2. The maximum Gasteiger partial charge on any atom is 0.472 e. The number of carbonyl (C=O) groups is 2.